The Kier molecular flexibility index (Phi) is 7.05. The lowest BCUT2D eigenvalue weighted by Crippen LogP contribution is -2.15. The van der Waals surface area contributed by atoms with Gasteiger partial charge in [0.1, 0.15) is 0 Å². The Hall–Kier alpha value is -2.60. The lowest BCUT2D eigenvalue weighted by atomic mass is 9.78. The first-order valence-corrected chi connectivity index (χ1v) is 13.5. The molecular weight excluding hydrogens is 408 g/mol. The van der Waals surface area contributed by atoms with Crippen molar-refractivity contribution in [3.8, 4) is 0 Å². The Labute approximate surface area is 207 Å². The van der Waals surface area contributed by atoms with Crippen molar-refractivity contribution in [2.45, 2.75) is 64.7 Å². The van der Waals surface area contributed by atoms with Gasteiger partial charge >= 0.3 is 0 Å². The maximum Gasteiger partial charge on any atom is 0.0267 e. The first-order chi connectivity index (χ1) is 16.6. The molecule has 5 rings (SSSR count). The maximum atomic E-state index is 4.42. The largest absolute Gasteiger partial charge is 0.0952 e. The predicted octanol–water partition coefficient (Wildman–Crippen LogP) is 9.46. The fourth-order valence-electron chi connectivity index (χ4n) is 6.32. The molecule has 0 amide bonds. The molecule has 0 aromatic heterocycles. The smallest absolute Gasteiger partial charge is 0.0267 e. The van der Waals surface area contributed by atoms with Crippen LogP contribution in [0.3, 0.4) is 0 Å². The van der Waals surface area contributed by atoms with Crippen LogP contribution in [0.1, 0.15) is 64.7 Å². The van der Waals surface area contributed by atoms with Gasteiger partial charge < -0.3 is 0 Å². The molecule has 0 spiro atoms. The third kappa shape index (κ3) is 5.22. The standard InChI is InChI=1S/C34H40/c1-24(29-9-5-4-6-10-29)13-15-27-17-18-30-21-28(22-33(30)20-27)16-14-25(2)32-19-26(3)34-12-8-7-11-31(34)23-32/h7-8,11-12,17-24,29,33-34H,2-6,9-10,13-16H2,1H3. The van der Waals surface area contributed by atoms with Gasteiger partial charge in [0.15, 0.2) is 0 Å². The lowest BCUT2D eigenvalue weighted by Gasteiger charge is -2.28. The van der Waals surface area contributed by atoms with Crippen LogP contribution >= 0.6 is 0 Å². The van der Waals surface area contributed by atoms with Crippen molar-refractivity contribution in [1.82, 2.24) is 0 Å². The molecule has 5 aliphatic rings. The average molecular weight is 449 g/mol. The van der Waals surface area contributed by atoms with Crippen LogP contribution in [-0.2, 0) is 0 Å². The van der Waals surface area contributed by atoms with E-state index in [0.29, 0.717) is 11.8 Å². The van der Waals surface area contributed by atoms with E-state index in [4.69, 9.17) is 0 Å². The van der Waals surface area contributed by atoms with Gasteiger partial charge in [0, 0.05) is 11.8 Å². The average Bonchev–Trinajstić information content (AvgIpc) is 3.28. The van der Waals surface area contributed by atoms with Gasteiger partial charge in [-0.2, -0.15) is 0 Å². The molecule has 3 unspecified atom stereocenters. The van der Waals surface area contributed by atoms with Crippen LogP contribution < -0.4 is 0 Å². The molecule has 0 saturated heterocycles. The molecule has 1 fully saturated rings. The molecule has 0 heteroatoms. The first kappa shape index (κ1) is 23.2. The van der Waals surface area contributed by atoms with Crippen LogP contribution in [0.5, 0.6) is 0 Å². The fraction of sp³-hybridized carbons (Fsp3) is 0.412. The van der Waals surface area contributed by atoms with E-state index in [1.54, 1.807) is 0 Å². The summed E-state index contributed by atoms with van der Waals surface area (Å²) in [4.78, 5) is 0. The van der Waals surface area contributed by atoms with Crippen LogP contribution in [0.2, 0.25) is 0 Å². The minimum absolute atomic E-state index is 0.338. The van der Waals surface area contributed by atoms with Gasteiger partial charge in [-0.15, -0.1) is 0 Å². The molecule has 3 atom stereocenters. The van der Waals surface area contributed by atoms with Crippen molar-refractivity contribution in [2.24, 2.45) is 23.7 Å². The van der Waals surface area contributed by atoms with Gasteiger partial charge in [-0.1, -0.05) is 130 Å². The van der Waals surface area contributed by atoms with E-state index in [2.05, 4.69) is 86.9 Å². The summed E-state index contributed by atoms with van der Waals surface area (Å²) < 4.78 is 0. The highest BCUT2D eigenvalue weighted by molar-refractivity contribution is 5.56. The number of allylic oxidation sites excluding steroid dienone is 18. The zero-order chi connectivity index (χ0) is 23.5. The van der Waals surface area contributed by atoms with E-state index in [-0.39, 0.29) is 0 Å². The zero-order valence-corrected chi connectivity index (χ0v) is 20.9. The second-order valence-corrected chi connectivity index (χ2v) is 11.0. The second kappa shape index (κ2) is 10.3. The molecular formula is C34H40. The van der Waals surface area contributed by atoms with Crippen LogP contribution in [0.15, 0.2) is 119 Å². The van der Waals surface area contributed by atoms with Crippen molar-refractivity contribution < 1.29 is 0 Å². The molecule has 0 aromatic carbocycles. The summed E-state index contributed by atoms with van der Waals surface area (Å²) in [6.45, 7) is 11.2. The Morgan fingerprint density at radius 2 is 1.74 bits per heavy atom. The highest BCUT2D eigenvalue weighted by Gasteiger charge is 2.23. The lowest BCUT2D eigenvalue weighted by molar-refractivity contribution is 0.252. The summed E-state index contributed by atoms with van der Waals surface area (Å²) in [5, 5.41) is 0. The Morgan fingerprint density at radius 3 is 2.59 bits per heavy atom. The molecule has 0 nitrogen and oxygen atoms in total. The quantitative estimate of drug-likeness (QED) is 0.347. The second-order valence-electron chi connectivity index (χ2n) is 11.0. The number of fused-ring (bicyclic) bond motifs is 2. The molecule has 0 bridgehead atoms. The fourth-order valence-corrected chi connectivity index (χ4v) is 6.32. The van der Waals surface area contributed by atoms with Crippen molar-refractivity contribution in [3.63, 3.8) is 0 Å². The van der Waals surface area contributed by atoms with E-state index in [1.807, 2.05) is 0 Å². The Balaban J connectivity index is 1.14. The minimum Gasteiger partial charge on any atom is -0.0952 e. The summed E-state index contributed by atoms with van der Waals surface area (Å²) in [7, 11) is 0. The minimum atomic E-state index is 0.338. The molecule has 0 N–H and O–H groups in total. The van der Waals surface area contributed by atoms with Crippen LogP contribution in [-0.4, -0.2) is 0 Å². The van der Waals surface area contributed by atoms with Gasteiger partial charge in [-0.25, -0.2) is 0 Å². The maximum absolute atomic E-state index is 4.42. The predicted molar refractivity (Wildman–Crippen MR) is 147 cm³/mol. The third-order valence-electron chi connectivity index (χ3n) is 8.61. The van der Waals surface area contributed by atoms with E-state index in [0.717, 1.165) is 24.7 Å². The topological polar surface area (TPSA) is 0 Å². The summed E-state index contributed by atoms with van der Waals surface area (Å²) in [5.41, 5.74) is 9.41. The summed E-state index contributed by atoms with van der Waals surface area (Å²) in [6.07, 6.45) is 37.2. The Morgan fingerprint density at radius 1 is 0.912 bits per heavy atom. The van der Waals surface area contributed by atoms with Crippen molar-refractivity contribution in [3.05, 3.63) is 119 Å². The van der Waals surface area contributed by atoms with E-state index >= 15 is 0 Å². The Bertz CT molecular complexity index is 1080. The van der Waals surface area contributed by atoms with Crippen molar-refractivity contribution in [1.29, 1.82) is 0 Å². The molecule has 0 heterocycles. The van der Waals surface area contributed by atoms with Gasteiger partial charge in [0.2, 0.25) is 0 Å². The molecule has 0 radical (unpaired) electrons. The summed E-state index contributed by atoms with van der Waals surface area (Å²) >= 11 is 0. The summed E-state index contributed by atoms with van der Waals surface area (Å²) in [5.74, 6) is 2.64. The van der Waals surface area contributed by atoms with Gasteiger partial charge in [0.25, 0.3) is 0 Å². The van der Waals surface area contributed by atoms with Gasteiger partial charge in [0.05, 0.1) is 0 Å². The number of rotatable bonds is 8. The number of hydrogen-bond acceptors (Lipinski definition) is 0. The molecule has 34 heavy (non-hydrogen) atoms. The highest BCUT2D eigenvalue weighted by Crippen LogP contribution is 2.38. The normalized spacial score (nSPS) is 26.7. The molecule has 1 saturated carbocycles. The van der Waals surface area contributed by atoms with Gasteiger partial charge in [-0.05, 0) is 65.4 Å². The first-order valence-electron chi connectivity index (χ1n) is 13.5. The van der Waals surface area contributed by atoms with E-state index < -0.39 is 0 Å². The monoisotopic (exact) mass is 448 g/mol. The van der Waals surface area contributed by atoms with E-state index in [1.165, 1.54) is 84.0 Å². The third-order valence-corrected chi connectivity index (χ3v) is 8.61. The SMILES string of the molecule is C=C(CCC1=CC2C=C(CCC(C)C3CCCCC3)C=CC2=C1)C1=CC(=C)C2C=CC=CC2=C1. The van der Waals surface area contributed by atoms with Gasteiger partial charge in [-0.3, -0.25) is 0 Å². The highest BCUT2D eigenvalue weighted by atomic mass is 14.3. The molecule has 0 aliphatic heterocycles. The van der Waals surface area contributed by atoms with Crippen LogP contribution in [0.4, 0.5) is 0 Å². The van der Waals surface area contributed by atoms with Crippen LogP contribution in [0.25, 0.3) is 0 Å². The van der Waals surface area contributed by atoms with Crippen molar-refractivity contribution >= 4 is 0 Å². The molecule has 5 aliphatic carbocycles. The van der Waals surface area contributed by atoms with Crippen LogP contribution in [0, 0.1) is 23.7 Å². The number of hydrogen-bond donors (Lipinski definition) is 0. The van der Waals surface area contributed by atoms with E-state index in [9.17, 15) is 0 Å². The summed E-state index contributed by atoms with van der Waals surface area (Å²) in [6, 6.07) is 0. The molecule has 176 valence electrons. The van der Waals surface area contributed by atoms with Crippen molar-refractivity contribution in [2.75, 3.05) is 0 Å². The molecule has 0 aromatic rings. The zero-order valence-electron chi connectivity index (χ0n) is 20.9.